The largest absolute Gasteiger partial charge is 0.478 e. The third kappa shape index (κ3) is 3.69. The number of benzene rings is 1. The van der Waals surface area contributed by atoms with E-state index in [-0.39, 0.29) is 17.4 Å². The van der Waals surface area contributed by atoms with Crippen LogP contribution in [0.25, 0.3) is 11.6 Å². The third-order valence-electron chi connectivity index (χ3n) is 5.88. The number of nitrogens with zero attached hydrogens (tertiary/aromatic N) is 2. The molecule has 1 atom stereocenters. The molecule has 1 aromatic heterocycles. The molecule has 1 aromatic carbocycles. The Kier molecular flexibility index (Phi) is 5.53. The molecule has 30 heavy (non-hydrogen) atoms. The van der Waals surface area contributed by atoms with Gasteiger partial charge in [-0.1, -0.05) is 30.3 Å². The average Bonchev–Trinajstić information content (AvgIpc) is 2.88. The van der Waals surface area contributed by atoms with E-state index in [1.807, 2.05) is 6.07 Å². The molecule has 0 spiro atoms. The molecule has 0 radical (unpaired) electrons. The number of aliphatic carboxylic acids is 1. The molecule has 8 heteroatoms. The fourth-order valence-electron chi connectivity index (χ4n) is 4.45. The van der Waals surface area contributed by atoms with E-state index < -0.39 is 16.0 Å². The van der Waals surface area contributed by atoms with E-state index in [1.165, 1.54) is 4.31 Å². The molecule has 0 saturated carbocycles. The summed E-state index contributed by atoms with van der Waals surface area (Å²) in [6.45, 7) is 4.18. The second-order valence-corrected chi connectivity index (χ2v) is 9.81. The number of hydrogen-bond acceptors (Lipinski definition) is 4. The summed E-state index contributed by atoms with van der Waals surface area (Å²) in [6, 6.07) is 9.01. The topological polar surface area (TPSA) is 87.6 Å². The highest BCUT2D eigenvalue weighted by Gasteiger charge is 2.36. The summed E-state index contributed by atoms with van der Waals surface area (Å²) < 4.78 is 25.7. The van der Waals surface area contributed by atoms with Crippen LogP contribution in [0.2, 0.25) is 5.02 Å². The van der Waals surface area contributed by atoms with Gasteiger partial charge in [-0.15, -0.1) is 0 Å². The van der Waals surface area contributed by atoms with E-state index in [0.717, 1.165) is 16.5 Å². The summed E-state index contributed by atoms with van der Waals surface area (Å²) >= 11 is 6.21. The Morgan fingerprint density at radius 3 is 2.67 bits per heavy atom. The first-order valence-corrected chi connectivity index (χ1v) is 11.5. The molecule has 2 aromatic rings. The predicted octanol–water partition coefficient (Wildman–Crippen LogP) is 3.99. The number of piperidine rings is 1. The van der Waals surface area contributed by atoms with Crippen molar-refractivity contribution in [3.8, 4) is 0 Å². The number of carbonyl (C=O) groups is 1. The number of hydrogen-bond donors (Lipinski definition) is 1. The lowest BCUT2D eigenvalue weighted by molar-refractivity contribution is -0.130. The number of pyridine rings is 1. The third-order valence-corrected chi connectivity index (χ3v) is 7.62. The number of sulfonamides is 1. The zero-order chi connectivity index (χ0) is 21.5. The molecule has 6 nitrogen and oxygen atoms in total. The first-order chi connectivity index (χ1) is 14.3. The molecular weight excluding hydrogens is 424 g/mol. The van der Waals surface area contributed by atoms with Crippen LogP contribution in [0.5, 0.6) is 0 Å². The van der Waals surface area contributed by atoms with Gasteiger partial charge < -0.3 is 5.11 Å². The summed E-state index contributed by atoms with van der Waals surface area (Å²) in [5.41, 5.74) is 3.18. The average molecular weight is 445 g/mol. The van der Waals surface area contributed by atoms with Crippen LogP contribution < -0.4 is 0 Å². The van der Waals surface area contributed by atoms with Crippen LogP contribution in [-0.2, 0) is 14.8 Å². The van der Waals surface area contributed by atoms with Gasteiger partial charge in [-0.3, -0.25) is 4.98 Å². The van der Waals surface area contributed by atoms with Crippen molar-refractivity contribution in [2.75, 3.05) is 13.1 Å². The highest BCUT2D eigenvalue weighted by Crippen LogP contribution is 2.44. The minimum Gasteiger partial charge on any atom is -0.478 e. The van der Waals surface area contributed by atoms with Gasteiger partial charge in [0.05, 0.1) is 11.3 Å². The van der Waals surface area contributed by atoms with Crippen LogP contribution >= 0.6 is 11.6 Å². The molecular formula is C22H21ClN2O4S. The number of carboxylic acids is 1. The van der Waals surface area contributed by atoms with Gasteiger partial charge in [0.15, 0.2) is 0 Å². The minimum absolute atomic E-state index is 0.108. The van der Waals surface area contributed by atoms with Gasteiger partial charge in [-0.25, -0.2) is 13.2 Å². The SMILES string of the molecule is C=CS(=O)(=O)N1CCC(C2c3ccc(Cl)cc3C=C(C(=O)O)c3cccnc32)CC1. The van der Waals surface area contributed by atoms with Crippen molar-refractivity contribution in [2.45, 2.75) is 18.8 Å². The van der Waals surface area contributed by atoms with E-state index >= 15 is 0 Å². The first-order valence-electron chi connectivity index (χ1n) is 9.64. The minimum atomic E-state index is -3.45. The molecule has 1 saturated heterocycles. The number of fused-ring (bicyclic) bond motifs is 2. The van der Waals surface area contributed by atoms with Gasteiger partial charge in [-0.05, 0) is 54.2 Å². The highest BCUT2D eigenvalue weighted by molar-refractivity contribution is 7.92. The zero-order valence-electron chi connectivity index (χ0n) is 16.2. The van der Waals surface area contributed by atoms with E-state index in [4.69, 9.17) is 11.6 Å². The van der Waals surface area contributed by atoms with Gasteiger partial charge in [0.25, 0.3) is 0 Å². The zero-order valence-corrected chi connectivity index (χ0v) is 17.7. The van der Waals surface area contributed by atoms with Gasteiger partial charge in [0.2, 0.25) is 10.0 Å². The Morgan fingerprint density at radius 2 is 2.00 bits per heavy atom. The summed E-state index contributed by atoms with van der Waals surface area (Å²) in [5.74, 6) is -1.07. The molecule has 0 bridgehead atoms. The molecule has 2 aliphatic rings. The maximum Gasteiger partial charge on any atom is 0.336 e. The van der Waals surface area contributed by atoms with Gasteiger partial charge in [-0.2, -0.15) is 4.31 Å². The lowest BCUT2D eigenvalue weighted by Gasteiger charge is -2.35. The van der Waals surface area contributed by atoms with Crippen molar-refractivity contribution >= 4 is 39.2 Å². The Balaban J connectivity index is 1.81. The summed E-state index contributed by atoms with van der Waals surface area (Å²) in [6.07, 6.45) is 4.60. The van der Waals surface area contributed by atoms with Crippen molar-refractivity contribution in [2.24, 2.45) is 5.92 Å². The van der Waals surface area contributed by atoms with Crippen LogP contribution in [0.1, 0.15) is 41.1 Å². The second kappa shape index (κ2) is 7.98. The van der Waals surface area contributed by atoms with Crippen LogP contribution in [-0.4, -0.2) is 41.9 Å². The summed E-state index contributed by atoms with van der Waals surface area (Å²) in [5, 5.41) is 11.4. The Hall–Kier alpha value is -2.48. The van der Waals surface area contributed by atoms with Crippen LogP contribution in [0.3, 0.4) is 0 Å². The highest BCUT2D eigenvalue weighted by atomic mass is 35.5. The molecule has 156 valence electrons. The van der Waals surface area contributed by atoms with Gasteiger partial charge in [0, 0.05) is 41.2 Å². The van der Waals surface area contributed by atoms with Crippen molar-refractivity contribution < 1.29 is 18.3 Å². The Labute approximate surface area is 180 Å². The lowest BCUT2D eigenvalue weighted by Crippen LogP contribution is -2.39. The maximum absolute atomic E-state index is 12.2. The van der Waals surface area contributed by atoms with E-state index in [2.05, 4.69) is 11.6 Å². The molecule has 1 aliphatic carbocycles. The monoisotopic (exact) mass is 444 g/mol. The fraction of sp³-hybridized carbons (Fsp3) is 0.273. The van der Waals surface area contributed by atoms with Crippen molar-refractivity contribution in [3.05, 3.63) is 75.9 Å². The molecule has 1 fully saturated rings. The van der Waals surface area contributed by atoms with Gasteiger partial charge in [0.1, 0.15) is 0 Å². The van der Waals surface area contributed by atoms with E-state index in [9.17, 15) is 18.3 Å². The molecule has 4 rings (SSSR count). The van der Waals surface area contributed by atoms with E-state index in [1.54, 1.807) is 36.5 Å². The quantitative estimate of drug-likeness (QED) is 0.770. The first kappa shape index (κ1) is 20.8. The molecule has 1 N–H and O–H groups in total. The lowest BCUT2D eigenvalue weighted by atomic mass is 9.76. The van der Waals surface area contributed by atoms with Gasteiger partial charge >= 0.3 is 5.97 Å². The van der Waals surface area contributed by atoms with Crippen molar-refractivity contribution in [3.63, 3.8) is 0 Å². The van der Waals surface area contributed by atoms with Crippen LogP contribution in [0.15, 0.2) is 48.5 Å². The van der Waals surface area contributed by atoms with Crippen molar-refractivity contribution in [1.82, 2.24) is 9.29 Å². The standard InChI is InChI=1S/C22H21ClN2O4S/c1-2-30(28,29)25-10-7-14(8-11-25)20-17-6-5-16(23)12-15(17)13-19(22(26)27)18-4-3-9-24-21(18)20/h2-6,9,12-14,20H,1,7-8,10-11H2,(H,26,27). The molecule has 2 heterocycles. The van der Waals surface area contributed by atoms with Crippen LogP contribution in [0.4, 0.5) is 0 Å². The number of aromatic nitrogens is 1. The number of halogens is 1. The summed E-state index contributed by atoms with van der Waals surface area (Å²) in [7, 11) is -3.45. The molecule has 1 aliphatic heterocycles. The van der Waals surface area contributed by atoms with Crippen LogP contribution in [0, 0.1) is 5.92 Å². The second-order valence-electron chi connectivity index (χ2n) is 7.50. The fourth-order valence-corrected chi connectivity index (χ4v) is 5.56. The smallest absolute Gasteiger partial charge is 0.336 e. The predicted molar refractivity (Wildman–Crippen MR) is 116 cm³/mol. The molecule has 1 unspecified atom stereocenters. The molecule has 0 amide bonds. The van der Waals surface area contributed by atoms with Crippen molar-refractivity contribution in [1.29, 1.82) is 0 Å². The maximum atomic E-state index is 12.2. The summed E-state index contributed by atoms with van der Waals surface area (Å²) in [4.78, 5) is 16.6. The number of rotatable bonds is 4. The van der Waals surface area contributed by atoms with E-state index in [0.29, 0.717) is 42.2 Å². The normalized spacial score (nSPS) is 19.9. The Morgan fingerprint density at radius 1 is 1.27 bits per heavy atom. The Bertz CT molecular complexity index is 1150. The number of carboxylic acid groups (broad SMARTS) is 1.